The molecular formula is C66H90Cl8Cu2N18O26. The maximum absolute atomic E-state index is 9.43. The van der Waals surface area contributed by atoms with Gasteiger partial charge in [-0.1, -0.05) is 67.3 Å². The number of benzene rings is 4. The number of aromatic nitrogens is 12. The Bertz CT molecular complexity index is 3360. The van der Waals surface area contributed by atoms with Gasteiger partial charge in [0.15, 0.2) is 0 Å². The molecule has 2 fully saturated rings. The van der Waals surface area contributed by atoms with Crippen LogP contribution in [0.25, 0.3) is 22.7 Å². The summed E-state index contributed by atoms with van der Waals surface area (Å²) in [7, 11) is -13.0. The normalized spacial score (nSPS) is 15.5. The van der Waals surface area contributed by atoms with E-state index in [0.717, 1.165) is 111 Å². The summed E-state index contributed by atoms with van der Waals surface area (Å²) in [6.45, 7) is 17.2. The van der Waals surface area contributed by atoms with Crippen LogP contribution in [0.1, 0.15) is 22.8 Å². The number of ether oxygens (including phenoxy) is 8. The molecule has 6 heterocycles. The van der Waals surface area contributed by atoms with E-state index in [1.165, 1.54) is 9.80 Å². The molecule has 2 aliphatic rings. The molecule has 120 heavy (non-hydrogen) atoms. The third kappa shape index (κ3) is 61.8. The van der Waals surface area contributed by atoms with Crippen LogP contribution in [0.4, 0.5) is 0 Å². The molecule has 0 saturated carbocycles. The van der Waals surface area contributed by atoms with E-state index >= 15 is 0 Å². The molecule has 0 N–H and O–H groups in total. The molecule has 54 heteroatoms. The van der Waals surface area contributed by atoms with E-state index in [0.29, 0.717) is 152 Å². The van der Waals surface area contributed by atoms with Crippen molar-refractivity contribution in [3.8, 4) is 22.7 Å². The van der Waals surface area contributed by atoms with Crippen LogP contribution < -0.4 is 74.5 Å². The van der Waals surface area contributed by atoms with Gasteiger partial charge in [-0.25, -0.2) is 93.3 Å². The number of halogens is 8. The van der Waals surface area contributed by atoms with Gasteiger partial charge in [-0.3, -0.25) is 29.2 Å². The summed E-state index contributed by atoms with van der Waals surface area (Å²) in [6.07, 6.45) is 9.23. The van der Waals surface area contributed by atoms with Gasteiger partial charge in [0, 0.05) is 127 Å². The van der Waals surface area contributed by atoms with Gasteiger partial charge >= 0.3 is 34.1 Å². The Morgan fingerprint density at radius 2 is 0.425 bits per heavy atom. The Kier molecular flexibility index (Phi) is 59.6. The van der Waals surface area contributed by atoms with Gasteiger partial charge in [-0.15, -0.1) is 61.4 Å². The minimum absolute atomic E-state index is 0. The Balaban J connectivity index is 0.000000883. The number of nitrogens with zero attached hydrogens (tertiary/aromatic N) is 18. The molecule has 4 aromatic heterocycles. The zero-order valence-corrected chi connectivity index (χ0v) is 72.7. The first kappa shape index (κ1) is 113. The van der Waals surface area contributed by atoms with E-state index in [1.54, 1.807) is 46.9 Å². The van der Waals surface area contributed by atoms with Gasteiger partial charge < -0.3 is 47.7 Å². The van der Waals surface area contributed by atoms with E-state index in [-0.39, 0.29) is 34.1 Å². The van der Waals surface area contributed by atoms with Crippen molar-refractivity contribution >= 4 is 59.2 Å². The first-order valence-corrected chi connectivity index (χ1v) is 41.1. The fraction of sp³-hybridized carbons (Fsp3) is 0.485. The van der Waals surface area contributed by atoms with Crippen LogP contribution in [-0.2, 0) is 108 Å². The number of hydrogen-bond donors (Lipinski definition) is 0. The molecule has 678 valence electrons. The van der Waals surface area contributed by atoms with Crippen molar-refractivity contribution in [1.29, 1.82) is 0 Å². The third-order valence-electron chi connectivity index (χ3n) is 14.4. The van der Waals surface area contributed by atoms with E-state index in [9.17, 15) is 9.59 Å². The summed E-state index contributed by atoms with van der Waals surface area (Å²) in [5.41, 5.74) is 7.09. The molecule has 8 aromatic rings. The van der Waals surface area contributed by atoms with Crippen molar-refractivity contribution in [1.82, 2.24) is 89.4 Å². The summed E-state index contributed by atoms with van der Waals surface area (Å²) >= 11 is 24.1. The Morgan fingerprint density at radius 3 is 0.550 bits per heavy atom. The second kappa shape index (κ2) is 63.5. The molecule has 0 unspecified atom stereocenters. The molecule has 2 radical (unpaired) electrons. The minimum atomic E-state index is -4.94. The minimum Gasteiger partial charge on any atom is -0.378 e. The molecule has 10 rings (SSSR count). The van der Waals surface area contributed by atoms with Crippen LogP contribution in [0.15, 0.2) is 122 Å². The molecule has 2 aliphatic heterocycles. The topological polar surface area (TPSA) is 619 Å². The van der Waals surface area contributed by atoms with Crippen LogP contribution in [-0.4, -0.2) is 288 Å². The van der Waals surface area contributed by atoms with Crippen LogP contribution in [0.2, 0.25) is 20.1 Å². The van der Waals surface area contributed by atoms with Gasteiger partial charge in [-0.2, -0.15) is 0 Å². The number of carbonyl (C=O) groups is 2. The van der Waals surface area contributed by atoms with E-state index in [2.05, 4.69) is 60.8 Å². The third-order valence-corrected chi connectivity index (χ3v) is 15.4. The fourth-order valence-corrected chi connectivity index (χ4v) is 9.70. The Labute approximate surface area is 740 Å². The predicted octanol–water partition coefficient (Wildman–Crippen LogP) is -12.5. The maximum atomic E-state index is 9.43. The zero-order chi connectivity index (χ0) is 87.4. The molecule has 0 atom stereocenters. The SMILES string of the molecule is CN(C)C=O.CN(C)C=O.Clc1ccc(-n2cc(CN3CCOCCOCCN(Cc4cn(-c5ccc(Cl)cc5)nn4)CCOCCOCC3)nn2)cc1.Clc1ccc(-n2cc(CN3CCOCCOCCN(Cc4cn(-c5ccc(Cl)cc5)nn4)CCOCCOCC3)nn2)cc1.[Cu+2].[Cu+2].[O-][Cl+3]([O-])([O-])[O-].[O-][Cl+3]([O-])([O-])[O-].[O-][Cl+3]([O-])([O-])[O-].[O-][Cl+3]([O-])([O-])[O-]. The van der Waals surface area contributed by atoms with Crippen LogP contribution in [0, 0.1) is 41.0 Å². The summed E-state index contributed by atoms with van der Waals surface area (Å²) in [4.78, 5) is 30.8. The standard InChI is InChI=1S/2C30H38Cl2N8O4.2C3H7NO.4ClHO4.2Cu/c2*31-25-1-5-29(6-2-25)39-23-27(33-35-39)21-37-9-13-41-17-19-43-15-11-38(12-16-44-20-18-42-14-10-37)22-28-24-40(36-34-28)30-7-3-26(32)4-8-30;2*1-4(2)3-5;4*2-1(3,4)5;;/h2*1-8,23-24H,9-22H2;2*3H,1-2H3;4*(H,2,3,4,5);;/q;;;;;;;;2*+2/p-4. The number of rotatable bonds is 14. The molecular weight excluding hydrogens is 1870 g/mol. The summed E-state index contributed by atoms with van der Waals surface area (Å²) in [5.74, 6) is 0. The largest absolute Gasteiger partial charge is 2.00 e. The predicted molar refractivity (Wildman–Crippen MR) is 373 cm³/mol. The molecule has 2 saturated heterocycles. The van der Waals surface area contributed by atoms with Crippen molar-refractivity contribution in [2.24, 2.45) is 0 Å². The second-order valence-electron chi connectivity index (χ2n) is 24.2. The smallest absolute Gasteiger partial charge is 0.378 e. The van der Waals surface area contributed by atoms with Crippen molar-refractivity contribution < 1.29 is 197 Å². The fourth-order valence-electron chi connectivity index (χ4n) is 9.20. The van der Waals surface area contributed by atoms with Gasteiger partial charge in [0.1, 0.15) is 0 Å². The van der Waals surface area contributed by atoms with E-state index < -0.39 is 41.0 Å². The van der Waals surface area contributed by atoms with Crippen molar-refractivity contribution in [3.63, 3.8) is 0 Å². The van der Waals surface area contributed by atoms with Crippen LogP contribution in [0.3, 0.4) is 0 Å². The Hall–Kier alpha value is -5.38. The van der Waals surface area contributed by atoms with E-state index in [1.807, 2.05) is 122 Å². The van der Waals surface area contributed by atoms with Gasteiger partial charge in [0.05, 0.1) is 176 Å². The number of hydrogen-bond acceptors (Lipinski definition) is 38. The zero-order valence-electron chi connectivity index (χ0n) is 64.8. The first-order valence-electron chi connectivity index (χ1n) is 34.7. The monoisotopic (exact) mass is 1960 g/mol. The van der Waals surface area contributed by atoms with Crippen LogP contribution >= 0.6 is 46.4 Å². The average molecular weight is 1960 g/mol. The van der Waals surface area contributed by atoms with Crippen LogP contribution in [0.5, 0.6) is 0 Å². The van der Waals surface area contributed by atoms with E-state index in [4.69, 9.17) is 159 Å². The molecule has 0 bridgehead atoms. The summed E-state index contributed by atoms with van der Waals surface area (Å²) in [6, 6.07) is 30.0. The molecule has 44 nitrogen and oxygen atoms in total. The van der Waals surface area contributed by atoms with Gasteiger partial charge in [0.2, 0.25) is 12.8 Å². The molecule has 4 aromatic carbocycles. The van der Waals surface area contributed by atoms with Gasteiger partial charge in [-0.05, 0) is 97.1 Å². The first-order chi connectivity index (χ1) is 55.8. The van der Waals surface area contributed by atoms with Gasteiger partial charge in [0.25, 0.3) is 0 Å². The molecule has 0 spiro atoms. The van der Waals surface area contributed by atoms with Crippen molar-refractivity contribution in [2.75, 3.05) is 186 Å². The summed E-state index contributed by atoms with van der Waals surface area (Å²) < 4.78 is 190. The van der Waals surface area contributed by atoms with Crippen molar-refractivity contribution in [3.05, 3.63) is 165 Å². The number of amides is 2. The molecule has 2 amide bonds. The average Bonchev–Trinajstić information content (AvgIpc) is 1.76. The maximum Gasteiger partial charge on any atom is 2.00 e. The summed E-state index contributed by atoms with van der Waals surface area (Å²) in [5, 5.41) is 37.3. The quantitative estimate of drug-likeness (QED) is 0.0720. The Morgan fingerprint density at radius 1 is 0.292 bits per heavy atom. The second-order valence-corrected chi connectivity index (χ2v) is 28.9. The van der Waals surface area contributed by atoms with Crippen molar-refractivity contribution in [2.45, 2.75) is 26.2 Å². The molecule has 0 aliphatic carbocycles. The number of carbonyl (C=O) groups excluding carboxylic acids is 2.